The quantitative estimate of drug-likeness (QED) is 0.769. The van der Waals surface area contributed by atoms with Crippen LogP contribution >= 0.6 is 0 Å². The van der Waals surface area contributed by atoms with E-state index < -0.39 is 0 Å². The Morgan fingerprint density at radius 2 is 2.00 bits per heavy atom. The van der Waals surface area contributed by atoms with Gasteiger partial charge in [-0.15, -0.1) is 0 Å². The Bertz CT molecular complexity index is 433. The fourth-order valence-electron chi connectivity index (χ4n) is 1.40. The van der Waals surface area contributed by atoms with Gasteiger partial charge in [-0.1, -0.05) is 19.1 Å². The van der Waals surface area contributed by atoms with Crippen molar-refractivity contribution < 1.29 is 8.81 Å². The highest BCUT2D eigenvalue weighted by Crippen LogP contribution is 2.11. The number of halogens is 1. The van der Waals surface area contributed by atoms with Crippen molar-refractivity contribution in [2.75, 3.05) is 0 Å². The van der Waals surface area contributed by atoms with Gasteiger partial charge in [0, 0.05) is 12.8 Å². The number of aryl methyl sites for hydroxylation is 1. The van der Waals surface area contributed by atoms with Gasteiger partial charge in [-0.05, 0) is 17.7 Å². The van der Waals surface area contributed by atoms with Crippen LogP contribution in [-0.4, -0.2) is 4.98 Å². The van der Waals surface area contributed by atoms with Gasteiger partial charge < -0.3 is 4.42 Å². The summed E-state index contributed by atoms with van der Waals surface area (Å²) in [6.07, 6.45) is 3.18. The zero-order valence-electron chi connectivity index (χ0n) is 8.53. The van der Waals surface area contributed by atoms with Gasteiger partial charge in [0.25, 0.3) is 0 Å². The van der Waals surface area contributed by atoms with Crippen LogP contribution in [0.2, 0.25) is 0 Å². The molecule has 0 bridgehead atoms. The van der Waals surface area contributed by atoms with E-state index >= 15 is 0 Å². The molecule has 3 heteroatoms. The normalized spacial score (nSPS) is 10.5. The summed E-state index contributed by atoms with van der Waals surface area (Å²) in [6.45, 7) is 1.99. The number of hydrogen-bond acceptors (Lipinski definition) is 2. The second-order valence-corrected chi connectivity index (χ2v) is 3.38. The van der Waals surface area contributed by atoms with Gasteiger partial charge >= 0.3 is 0 Å². The summed E-state index contributed by atoms with van der Waals surface area (Å²) in [6, 6.07) is 6.41. The van der Waals surface area contributed by atoms with E-state index in [1.54, 1.807) is 18.3 Å². The van der Waals surface area contributed by atoms with Crippen LogP contribution in [-0.2, 0) is 12.8 Å². The van der Waals surface area contributed by atoms with Crippen LogP contribution < -0.4 is 0 Å². The van der Waals surface area contributed by atoms with Crippen LogP contribution in [0.1, 0.15) is 24.1 Å². The van der Waals surface area contributed by atoms with Crippen LogP contribution in [0.15, 0.2) is 34.9 Å². The molecular formula is C12H12FNO. The van der Waals surface area contributed by atoms with Crippen molar-refractivity contribution in [2.45, 2.75) is 19.8 Å². The lowest BCUT2D eigenvalue weighted by atomic mass is 10.1. The predicted molar refractivity (Wildman–Crippen MR) is 55.1 cm³/mol. The Labute approximate surface area is 87.8 Å². The van der Waals surface area contributed by atoms with Gasteiger partial charge in [0.1, 0.15) is 11.6 Å². The Balaban J connectivity index is 2.11. The van der Waals surface area contributed by atoms with Gasteiger partial charge in [0.05, 0.1) is 6.20 Å². The monoisotopic (exact) mass is 205 g/mol. The molecule has 0 fully saturated rings. The number of nitrogens with zero attached hydrogens (tertiary/aromatic N) is 1. The molecule has 0 unspecified atom stereocenters. The molecule has 0 radical (unpaired) electrons. The minimum Gasteiger partial charge on any atom is -0.445 e. The van der Waals surface area contributed by atoms with Crippen molar-refractivity contribution in [3.63, 3.8) is 0 Å². The van der Waals surface area contributed by atoms with E-state index in [4.69, 9.17) is 4.42 Å². The van der Waals surface area contributed by atoms with E-state index in [1.165, 1.54) is 12.1 Å². The fourth-order valence-corrected chi connectivity index (χ4v) is 1.40. The molecule has 78 valence electrons. The second-order valence-electron chi connectivity index (χ2n) is 3.38. The zero-order chi connectivity index (χ0) is 10.7. The molecule has 1 aromatic carbocycles. The second kappa shape index (κ2) is 4.26. The molecule has 0 aliphatic carbocycles. The SMILES string of the molecule is CCc1ncc(Cc2ccc(F)cc2)o1. The van der Waals surface area contributed by atoms with E-state index in [0.29, 0.717) is 6.42 Å². The van der Waals surface area contributed by atoms with Gasteiger partial charge in [0.2, 0.25) is 0 Å². The highest BCUT2D eigenvalue weighted by atomic mass is 19.1. The maximum atomic E-state index is 12.6. The number of oxazole rings is 1. The number of rotatable bonds is 3. The summed E-state index contributed by atoms with van der Waals surface area (Å²) in [5.74, 6) is 1.34. The van der Waals surface area contributed by atoms with Crippen LogP contribution in [0.5, 0.6) is 0 Å². The van der Waals surface area contributed by atoms with Gasteiger partial charge in [-0.3, -0.25) is 0 Å². The highest BCUT2D eigenvalue weighted by Gasteiger charge is 2.03. The first-order valence-corrected chi connectivity index (χ1v) is 4.96. The first-order chi connectivity index (χ1) is 7.28. The van der Waals surface area contributed by atoms with Crippen molar-refractivity contribution in [2.24, 2.45) is 0 Å². The summed E-state index contributed by atoms with van der Waals surface area (Å²) in [7, 11) is 0. The lowest BCUT2D eigenvalue weighted by Crippen LogP contribution is -1.85. The summed E-state index contributed by atoms with van der Waals surface area (Å²) < 4.78 is 18.1. The molecule has 2 nitrogen and oxygen atoms in total. The van der Waals surface area contributed by atoms with E-state index in [2.05, 4.69) is 4.98 Å². The van der Waals surface area contributed by atoms with E-state index in [9.17, 15) is 4.39 Å². The minimum absolute atomic E-state index is 0.217. The largest absolute Gasteiger partial charge is 0.445 e. The molecule has 0 amide bonds. The summed E-state index contributed by atoms with van der Waals surface area (Å²) in [4.78, 5) is 4.11. The molecule has 1 aromatic heterocycles. The fraction of sp³-hybridized carbons (Fsp3) is 0.250. The molecule has 2 aromatic rings. The first-order valence-electron chi connectivity index (χ1n) is 4.96. The molecule has 0 atom stereocenters. The molecule has 15 heavy (non-hydrogen) atoms. The van der Waals surface area contributed by atoms with Gasteiger partial charge in [0.15, 0.2) is 5.89 Å². The smallest absolute Gasteiger partial charge is 0.194 e. The van der Waals surface area contributed by atoms with Crippen LogP contribution in [0.25, 0.3) is 0 Å². The van der Waals surface area contributed by atoms with Crippen LogP contribution in [0.4, 0.5) is 4.39 Å². The van der Waals surface area contributed by atoms with Crippen molar-refractivity contribution in [3.8, 4) is 0 Å². The molecule has 1 heterocycles. The minimum atomic E-state index is -0.217. The van der Waals surface area contributed by atoms with E-state index in [1.807, 2.05) is 6.92 Å². The lowest BCUT2D eigenvalue weighted by molar-refractivity contribution is 0.467. The highest BCUT2D eigenvalue weighted by molar-refractivity contribution is 5.20. The Kier molecular flexibility index (Phi) is 2.81. The third-order valence-corrected chi connectivity index (χ3v) is 2.20. The maximum absolute atomic E-state index is 12.6. The van der Waals surface area contributed by atoms with Crippen molar-refractivity contribution >= 4 is 0 Å². The third kappa shape index (κ3) is 2.43. The number of benzene rings is 1. The average molecular weight is 205 g/mol. The maximum Gasteiger partial charge on any atom is 0.194 e. The lowest BCUT2D eigenvalue weighted by Gasteiger charge is -1.97. The summed E-state index contributed by atoms with van der Waals surface area (Å²) in [5.41, 5.74) is 1.02. The van der Waals surface area contributed by atoms with Crippen molar-refractivity contribution in [3.05, 3.63) is 53.5 Å². The average Bonchev–Trinajstić information content (AvgIpc) is 2.69. The van der Waals surface area contributed by atoms with Crippen molar-refractivity contribution in [1.29, 1.82) is 0 Å². The number of hydrogen-bond donors (Lipinski definition) is 0. The predicted octanol–water partition coefficient (Wildman–Crippen LogP) is 2.97. The van der Waals surface area contributed by atoms with E-state index in [0.717, 1.165) is 23.6 Å². The van der Waals surface area contributed by atoms with Gasteiger partial charge in [-0.25, -0.2) is 9.37 Å². The third-order valence-electron chi connectivity index (χ3n) is 2.20. The standard InChI is InChI=1S/C12H12FNO/c1-2-12-14-8-11(15-12)7-9-3-5-10(13)6-4-9/h3-6,8H,2,7H2,1H3. The Hall–Kier alpha value is -1.64. The topological polar surface area (TPSA) is 26.0 Å². The molecule has 2 rings (SSSR count). The summed E-state index contributed by atoms with van der Waals surface area (Å²) in [5, 5.41) is 0. The van der Waals surface area contributed by atoms with Gasteiger partial charge in [-0.2, -0.15) is 0 Å². The Morgan fingerprint density at radius 3 is 2.60 bits per heavy atom. The molecule has 0 N–H and O–H groups in total. The van der Waals surface area contributed by atoms with Crippen molar-refractivity contribution in [1.82, 2.24) is 4.98 Å². The Morgan fingerprint density at radius 1 is 1.27 bits per heavy atom. The van der Waals surface area contributed by atoms with Crippen LogP contribution in [0, 0.1) is 5.82 Å². The molecular weight excluding hydrogens is 193 g/mol. The first kappa shape index (κ1) is 9.90. The number of aromatic nitrogens is 1. The summed E-state index contributed by atoms with van der Waals surface area (Å²) >= 11 is 0. The van der Waals surface area contributed by atoms with Crippen LogP contribution in [0.3, 0.4) is 0 Å². The molecule has 0 aliphatic rings. The molecule has 0 saturated carbocycles. The zero-order valence-corrected chi connectivity index (χ0v) is 8.53. The molecule has 0 aliphatic heterocycles. The molecule has 0 spiro atoms. The molecule has 0 saturated heterocycles. The van der Waals surface area contributed by atoms with E-state index in [-0.39, 0.29) is 5.82 Å².